The number of hydrogen-bond acceptors (Lipinski definition) is 5. The summed E-state index contributed by atoms with van der Waals surface area (Å²) < 4.78 is 27.9. The fraction of sp³-hybridized carbons (Fsp3) is 0.550. The maximum absolute atomic E-state index is 14.1. The molecule has 0 spiro atoms. The molecule has 2 aliphatic rings. The van der Waals surface area contributed by atoms with Gasteiger partial charge in [0.2, 0.25) is 0 Å². The van der Waals surface area contributed by atoms with Crippen molar-refractivity contribution in [1.82, 2.24) is 10.6 Å². The van der Waals surface area contributed by atoms with Gasteiger partial charge in [0, 0.05) is 5.56 Å². The first-order valence-electron chi connectivity index (χ1n) is 10.1. The highest BCUT2D eigenvalue weighted by molar-refractivity contribution is 5.83. The molecular formula is C20H28F2N6O2. The van der Waals surface area contributed by atoms with Crippen molar-refractivity contribution >= 4 is 5.96 Å². The smallest absolute Gasteiger partial charge is 0.301 e. The Labute approximate surface area is 173 Å². The van der Waals surface area contributed by atoms with E-state index in [2.05, 4.69) is 15.6 Å². The van der Waals surface area contributed by atoms with E-state index in [-0.39, 0.29) is 35.2 Å². The normalized spacial score (nSPS) is 27.9. The number of nitrogens with one attached hydrogen (secondary N) is 2. The van der Waals surface area contributed by atoms with E-state index in [4.69, 9.17) is 11.5 Å². The zero-order valence-electron chi connectivity index (χ0n) is 17.0. The van der Waals surface area contributed by atoms with E-state index in [1.54, 1.807) is 0 Å². The number of benzene rings is 1. The number of aryl methyl sites for hydroxylation is 1. The van der Waals surface area contributed by atoms with Gasteiger partial charge in [0.25, 0.3) is 0 Å². The zero-order valence-corrected chi connectivity index (χ0v) is 17.0. The van der Waals surface area contributed by atoms with Crippen molar-refractivity contribution in [1.29, 1.82) is 0 Å². The van der Waals surface area contributed by atoms with E-state index < -0.39 is 22.2 Å². The lowest BCUT2D eigenvalue weighted by Gasteiger charge is -2.37. The van der Waals surface area contributed by atoms with Gasteiger partial charge >= 0.3 is 5.70 Å². The van der Waals surface area contributed by atoms with Crippen LogP contribution in [0.1, 0.15) is 43.2 Å². The van der Waals surface area contributed by atoms with E-state index >= 15 is 0 Å². The van der Waals surface area contributed by atoms with Crippen molar-refractivity contribution in [3.8, 4) is 0 Å². The molecule has 1 aliphatic carbocycles. The summed E-state index contributed by atoms with van der Waals surface area (Å²) >= 11 is 0. The van der Waals surface area contributed by atoms with Crippen LogP contribution < -0.4 is 22.1 Å². The Hall–Kier alpha value is -2.59. The summed E-state index contributed by atoms with van der Waals surface area (Å²) in [5.41, 5.74) is 10.9. The second kappa shape index (κ2) is 9.05. The lowest BCUT2D eigenvalue weighted by atomic mass is 9.77. The fourth-order valence-corrected chi connectivity index (χ4v) is 4.13. The van der Waals surface area contributed by atoms with Crippen LogP contribution in [0.5, 0.6) is 0 Å². The molecule has 164 valence electrons. The van der Waals surface area contributed by atoms with Gasteiger partial charge in [-0.3, -0.25) is 15.8 Å². The van der Waals surface area contributed by atoms with Crippen LogP contribution >= 0.6 is 0 Å². The van der Waals surface area contributed by atoms with Crippen molar-refractivity contribution in [2.45, 2.75) is 51.2 Å². The fourth-order valence-electron chi connectivity index (χ4n) is 4.13. The lowest BCUT2D eigenvalue weighted by Crippen LogP contribution is -2.64. The van der Waals surface area contributed by atoms with Gasteiger partial charge in [-0.1, -0.05) is 12.1 Å². The minimum absolute atomic E-state index is 0.0842. The van der Waals surface area contributed by atoms with Crippen LogP contribution in [0.3, 0.4) is 0 Å². The average molecular weight is 422 g/mol. The Morgan fingerprint density at radius 1 is 1.23 bits per heavy atom. The summed E-state index contributed by atoms with van der Waals surface area (Å²) in [6.45, 7) is 1.99. The summed E-state index contributed by atoms with van der Waals surface area (Å²) in [4.78, 5) is 15.2. The van der Waals surface area contributed by atoms with Gasteiger partial charge in [0.1, 0.15) is 0 Å². The topological polar surface area (TPSA) is 132 Å². The van der Waals surface area contributed by atoms with Crippen LogP contribution in [-0.2, 0) is 6.54 Å². The van der Waals surface area contributed by atoms with Crippen LogP contribution in [0, 0.1) is 40.5 Å². The molecule has 10 heteroatoms. The number of nitrogens with two attached hydrogens (primary N) is 2. The number of nitrogens with zero attached hydrogens (tertiary/aromatic N) is 2. The third-order valence-corrected chi connectivity index (χ3v) is 6.01. The monoisotopic (exact) mass is 422 g/mol. The van der Waals surface area contributed by atoms with E-state index in [0.717, 1.165) is 25.7 Å². The standard InChI is InChI=1S/C20H28F2N6O2/c1-12-2-7-15(18(22)17(12)21)10-25-19-26-11-16(28(29)30)20(24,27-19)8-13-3-5-14(9-23)6-4-13/h2,7,11,13-14H,3-6,8-10,23-24H2,1H3,(H2,25,26,27). The highest BCUT2D eigenvalue weighted by Gasteiger charge is 2.44. The number of nitro groups is 1. The molecule has 3 rings (SSSR count). The number of hydrogen-bond donors (Lipinski definition) is 4. The van der Waals surface area contributed by atoms with Crippen molar-refractivity contribution in [3.63, 3.8) is 0 Å². The third-order valence-electron chi connectivity index (χ3n) is 6.01. The van der Waals surface area contributed by atoms with Crippen LogP contribution in [0.25, 0.3) is 0 Å². The molecule has 0 bridgehead atoms. The molecule has 30 heavy (non-hydrogen) atoms. The molecule has 0 aromatic heterocycles. The molecule has 1 unspecified atom stereocenters. The van der Waals surface area contributed by atoms with E-state index in [1.165, 1.54) is 25.3 Å². The van der Waals surface area contributed by atoms with E-state index in [1.807, 2.05) is 0 Å². The van der Waals surface area contributed by atoms with Gasteiger partial charge in [-0.25, -0.2) is 13.8 Å². The van der Waals surface area contributed by atoms with Crippen molar-refractivity contribution in [3.05, 3.63) is 56.9 Å². The Morgan fingerprint density at radius 3 is 2.53 bits per heavy atom. The van der Waals surface area contributed by atoms with Gasteiger partial charge in [0.05, 0.1) is 17.7 Å². The van der Waals surface area contributed by atoms with Gasteiger partial charge < -0.3 is 16.4 Å². The first-order valence-corrected chi connectivity index (χ1v) is 10.1. The highest BCUT2D eigenvalue weighted by Crippen LogP contribution is 2.34. The van der Waals surface area contributed by atoms with Gasteiger partial charge in [-0.2, -0.15) is 0 Å². The molecule has 8 nitrogen and oxygen atoms in total. The zero-order chi connectivity index (χ0) is 21.9. The Kier molecular flexibility index (Phi) is 6.67. The molecular weight excluding hydrogens is 394 g/mol. The van der Waals surface area contributed by atoms with Crippen LogP contribution in [0.15, 0.2) is 29.0 Å². The van der Waals surface area contributed by atoms with Crippen LogP contribution in [0.2, 0.25) is 0 Å². The SMILES string of the molecule is Cc1ccc(CN=C2NC=C([N+](=O)[O-])C(N)(CC3CCC(CN)CC3)N2)c(F)c1F. The van der Waals surface area contributed by atoms with Gasteiger partial charge in [0.15, 0.2) is 23.3 Å². The van der Waals surface area contributed by atoms with Gasteiger partial charge in [-0.15, -0.1) is 0 Å². The van der Waals surface area contributed by atoms with Crippen molar-refractivity contribution in [2.75, 3.05) is 6.54 Å². The molecule has 1 heterocycles. The van der Waals surface area contributed by atoms with Crippen LogP contribution in [-0.4, -0.2) is 23.1 Å². The minimum atomic E-state index is -1.41. The molecule has 1 saturated carbocycles. The van der Waals surface area contributed by atoms with E-state index in [9.17, 15) is 18.9 Å². The molecule has 1 fully saturated rings. The molecule has 6 N–H and O–H groups in total. The predicted octanol–water partition coefficient (Wildman–Crippen LogP) is 2.25. The second-order valence-corrected chi connectivity index (χ2v) is 8.19. The Bertz CT molecular complexity index is 867. The lowest BCUT2D eigenvalue weighted by molar-refractivity contribution is -0.437. The quantitative estimate of drug-likeness (QED) is 0.411. The van der Waals surface area contributed by atoms with E-state index in [0.29, 0.717) is 18.9 Å². The Balaban J connectivity index is 1.75. The average Bonchev–Trinajstić information content (AvgIpc) is 2.71. The first kappa shape index (κ1) is 22.1. The second-order valence-electron chi connectivity index (χ2n) is 8.19. The third kappa shape index (κ3) is 4.76. The molecule has 1 atom stereocenters. The molecule has 1 aromatic carbocycles. The summed E-state index contributed by atoms with van der Waals surface area (Å²) in [5, 5.41) is 17.2. The first-order chi connectivity index (χ1) is 14.2. The largest absolute Gasteiger partial charge is 0.330 e. The maximum atomic E-state index is 14.1. The molecule has 1 aromatic rings. The summed E-state index contributed by atoms with van der Waals surface area (Å²) in [6, 6.07) is 2.94. The minimum Gasteiger partial charge on any atom is -0.330 e. The molecule has 0 saturated heterocycles. The Morgan fingerprint density at radius 2 is 1.90 bits per heavy atom. The number of guanidine groups is 1. The van der Waals surface area contributed by atoms with Crippen molar-refractivity contribution in [2.24, 2.45) is 28.3 Å². The summed E-state index contributed by atoms with van der Waals surface area (Å²) in [6.07, 6.45) is 5.35. The number of aliphatic imine (C=N–C) groups is 1. The molecule has 0 amide bonds. The predicted molar refractivity (Wildman–Crippen MR) is 110 cm³/mol. The number of rotatable bonds is 6. The van der Waals surface area contributed by atoms with Crippen LogP contribution in [0.4, 0.5) is 8.78 Å². The highest BCUT2D eigenvalue weighted by atomic mass is 19.2. The van der Waals surface area contributed by atoms with Gasteiger partial charge in [-0.05, 0) is 63.0 Å². The molecule has 0 radical (unpaired) electrons. The maximum Gasteiger partial charge on any atom is 0.301 e. The number of halogens is 2. The van der Waals surface area contributed by atoms with Crippen molar-refractivity contribution < 1.29 is 13.7 Å². The molecule has 1 aliphatic heterocycles. The summed E-state index contributed by atoms with van der Waals surface area (Å²) in [5.74, 6) is -0.972. The summed E-state index contributed by atoms with van der Waals surface area (Å²) in [7, 11) is 0.